The van der Waals surface area contributed by atoms with Gasteiger partial charge in [0, 0.05) is 23.7 Å². The SMILES string of the molecule is CCN1C(=O)CCCC1S(=O)(=O)NC(=O)Nc1c(C(C)C)cc(Cl)cc1C(C)C. The monoisotopic (exact) mass is 443 g/mol. The minimum absolute atomic E-state index is 0.0738. The average Bonchev–Trinajstić information content (AvgIpc) is 2.61. The van der Waals surface area contributed by atoms with Crippen molar-refractivity contribution in [3.05, 3.63) is 28.3 Å². The maximum Gasteiger partial charge on any atom is 0.332 e. The normalized spacial score (nSPS) is 17.7. The van der Waals surface area contributed by atoms with Crippen LogP contribution in [0.2, 0.25) is 5.02 Å². The molecule has 0 aromatic heterocycles. The topological polar surface area (TPSA) is 95.6 Å². The number of amides is 3. The number of hydrogen-bond donors (Lipinski definition) is 2. The molecule has 0 aliphatic carbocycles. The van der Waals surface area contributed by atoms with Crippen LogP contribution in [-0.2, 0) is 14.8 Å². The van der Waals surface area contributed by atoms with E-state index in [1.807, 2.05) is 27.7 Å². The van der Waals surface area contributed by atoms with Gasteiger partial charge >= 0.3 is 6.03 Å². The zero-order chi connectivity index (χ0) is 21.9. The maximum absolute atomic E-state index is 12.8. The van der Waals surface area contributed by atoms with E-state index in [1.165, 1.54) is 4.90 Å². The lowest BCUT2D eigenvalue weighted by Crippen LogP contribution is -2.53. The second-order valence-corrected chi connectivity index (χ2v) is 10.2. The van der Waals surface area contributed by atoms with Crippen molar-refractivity contribution < 1.29 is 18.0 Å². The standard InChI is InChI=1S/C20H30ClN3O4S/c1-6-24-17(25)8-7-9-18(24)29(27,28)23-20(26)22-19-15(12(2)3)10-14(21)11-16(19)13(4)5/h10-13,18H,6-9H2,1-5H3,(H2,22,23,26). The number of piperidine rings is 1. The molecule has 7 nitrogen and oxygen atoms in total. The summed E-state index contributed by atoms with van der Waals surface area (Å²) in [6.45, 7) is 9.90. The van der Waals surface area contributed by atoms with Crippen molar-refractivity contribution in [2.24, 2.45) is 0 Å². The minimum atomic E-state index is -4.05. The van der Waals surface area contributed by atoms with E-state index in [1.54, 1.807) is 19.1 Å². The van der Waals surface area contributed by atoms with Gasteiger partial charge in [0.05, 0.1) is 0 Å². The van der Waals surface area contributed by atoms with Crippen molar-refractivity contribution in [3.63, 3.8) is 0 Å². The summed E-state index contributed by atoms with van der Waals surface area (Å²) in [5.41, 5.74) is 2.23. The molecule has 1 aromatic rings. The molecular weight excluding hydrogens is 414 g/mol. The fraction of sp³-hybridized carbons (Fsp3) is 0.600. The number of carbonyl (C=O) groups is 2. The van der Waals surface area contributed by atoms with Crippen molar-refractivity contribution >= 4 is 39.2 Å². The lowest BCUT2D eigenvalue weighted by atomic mass is 9.92. The lowest BCUT2D eigenvalue weighted by molar-refractivity contribution is -0.134. The Hall–Kier alpha value is -1.80. The van der Waals surface area contributed by atoms with Gasteiger partial charge in [-0.25, -0.2) is 17.9 Å². The highest BCUT2D eigenvalue weighted by atomic mass is 35.5. The van der Waals surface area contributed by atoms with Crippen LogP contribution in [0.1, 0.15) is 76.8 Å². The van der Waals surface area contributed by atoms with Crippen LogP contribution in [0.3, 0.4) is 0 Å². The molecule has 29 heavy (non-hydrogen) atoms. The molecule has 1 aliphatic rings. The highest BCUT2D eigenvalue weighted by Crippen LogP contribution is 2.35. The number of halogens is 1. The van der Waals surface area contributed by atoms with Gasteiger partial charge in [0.15, 0.2) is 5.37 Å². The summed E-state index contributed by atoms with van der Waals surface area (Å²) in [4.78, 5) is 26.0. The molecule has 9 heteroatoms. The molecule has 1 aliphatic heterocycles. The zero-order valence-electron chi connectivity index (χ0n) is 17.6. The highest BCUT2D eigenvalue weighted by Gasteiger charge is 2.37. The van der Waals surface area contributed by atoms with Gasteiger partial charge in [0.25, 0.3) is 10.0 Å². The summed E-state index contributed by atoms with van der Waals surface area (Å²) in [5, 5.41) is 2.24. The Balaban J connectivity index is 2.30. The fourth-order valence-corrected chi connectivity index (χ4v) is 5.39. The Morgan fingerprint density at radius 1 is 1.21 bits per heavy atom. The molecule has 1 fully saturated rings. The average molecular weight is 444 g/mol. The number of nitrogens with zero attached hydrogens (tertiary/aromatic N) is 1. The quantitative estimate of drug-likeness (QED) is 0.681. The molecule has 2 rings (SSSR count). The van der Waals surface area contributed by atoms with Gasteiger partial charge in [-0.1, -0.05) is 39.3 Å². The van der Waals surface area contributed by atoms with Crippen LogP contribution in [0.25, 0.3) is 0 Å². The van der Waals surface area contributed by atoms with Gasteiger partial charge < -0.3 is 10.2 Å². The number of urea groups is 1. The first-order valence-electron chi connectivity index (χ1n) is 9.93. The molecule has 162 valence electrons. The fourth-order valence-electron chi connectivity index (χ4n) is 3.63. The summed E-state index contributed by atoms with van der Waals surface area (Å²) in [6, 6.07) is 2.71. The summed E-state index contributed by atoms with van der Waals surface area (Å²) in [7, 11) is -4.05. The summed E-state index contributed by atoms with van der Waals surface area (Å²) in [6.07, 6.45) is 1.11. The van der Waals surface area contributed by atoms with Crippen molar-refractivity contribution in [1.29, 1.82) is 0 Å². The number of benzene rings is 1. The van der Waals surface area contributed by atoms with Gasteiger partial charge in [-0.15, -0.1) is 0 Å². The first-order chi connectivity index (χ1) is 13.5. The molecule has 0 spiro atoms. The third-order valence-corrected chi connectivity index (χ3v) is 6.98. The molecule has 0 bridgehead atoms. The molecule has 2 N–H and O–H groups in total. The van der Waals surface area contributed by atoms with Gasteiger partial charge in [-0.3, -0.25) is 4.79 Å². The number of likely N-dealkylation sites (tertiary alicyclic amines) is 1. The van der Waals surface area contributed by atoms with Crippen molar-refractivity contribution in [2.75, 3.05) is 11.9 Å². The Bertz CT molecular complexity index is 855. The largest absolute Gasteiger partial charge is 0.332 e. The smallest absolute Gasteiger partial charge is 0.324 e. The summed E-state index contributed by atoms with van der Waals surface area (Å²) < 4.78 is 27.7. The van der Waals surface area contributed by atoms with Gasteiger partial charge in [-0.2, -0.15) is 0 Å². The molecule has 1 atom stereocenters. The summed E-state index contributed by atoms with van der Waals surface area (Å²) in [5.74, 6) is -0.0641. The molecule has 3 amide bonds. The van der Waals surface area contributed by atoms with Crippen molar-refractivity contribution in [2.45, 2.75) is 71.1 Å². The van der Waals surface area contributed by atoms with E-state index >= 15 is 0 Å². The summed E-state index contributed by atoms with van der Waals surface area (Å²) >= 11 is 6.24. The van der Waals surface area contributed by atoms with E-state index in [0.717, 1.165) is 11.1 Å². The van der Waals surface area contributed by atoms with Crippen LogP contribution in [-0.4, -0.2) is 37.2 Å². The number of rotatable bonds is 6. The van der Waals surface area contributed by atoms with Gasteiger partial charge in [0.2, 0.25) is 5.91 Å². The van der Waals surface area contributed by atoms with E-state index in [-0.39, 0.29) is 24.3 Å². The number of anilines is 1. The first kappa shape index (κ1) is 23.5. The Morgan fingerprint density at radius 2 is 1.76 bits per heavy atom. The Kier molecular flexibility index (Phi) is 7.56. The second kappa shape index (κ2) is 9.34. The minimum Gasteiger partial charge on any atom is -0.324 e. The molecule has 1 saturated heterocycles. The zero-order valence-corrected chi connectivity index (χ0v) is 19.2. The van der Waals surface area contributed by atoms with Gasteiger partial charge in [-0.05, 0) is 54.9 Å². The Morgan fingerprint density at radius 3 is 2.24 bits per heavy atom. The molecule has 1 unspecified atom stereocenters. The van der Waals surface area contributed by atoms with E-state index < -0.39 is 21.4 Å². The Labute approximate surface area is 178 Å². The van der Waals surface area contributed by atoms with Crippen molar-refractivity contribution in [1.82, 2.24) is 9.62 Å². The molecule has 1 aromatic carbocycles. The van der Waals surface area contributed by atoms with Crippen LogP contribution >= 0.6 is 11.6 Å². The van der Waals surface area contributed by atoms with E-state index in [2.05, 4.69) is 10.0 Å². The molecular formula is C20H30ClN3O4S. The van der Waals surface area contributed by atoms with E-state index in [0.29, 0.717) is 30.0 Å². The van der Waals surface area contributed by atoms with Gasteiger partial charge in [0.1, 0.15) is 0 Å². The molecule has 0 radical (unpaired) electrons. The number of nitrogens with one attached hydrogen (secondary N) is 2. The second-order valence-electron chi connectivity index (χ2n) is 7.90. The highest BCUT2D eigenvalue weighted by molar-refractivity contribution is 7.90. The van der Waals surface area contributed by atoms with E-state index in [4.69, 9.17) is 11.6 Å². The van der Waals surface area contributed by atoms with Crippen LogP contribution in [0.4, 0.5) is 10.5 Å². The third kappa shape index (κ3) is 5.42. The molecule has 0 saturated carbocycles. The predicted molar refractivity (Wildman–Crippen MR) is 116 cm³/mol. The number of sulfonamides is 1. The van der Waals surface area contributed by atoms with Crippen LogP contribution in [0.5, 0.6) is 0 Å². The van der Waals surface area contributed by atoms with Crippen molar-refractivity contribution in [3.8, 4) is 0 Å². The lowest BCUT2D eigenvalue weighted by Gasteiger charge is -2.34. The maximum atomic E-state index is 12.8. The predicted octanol–water partition coefficient (Wildman–Crippen LogP) is 4.40. The van der Waals surface area contributed by atoms with Crippen LogP contribution in [0.15, 0.2) is 12.1 Å². The first-order valence-corrected chi connectivity index (χ1v) is 11.9. The number of hydrogen-bond acceptors (Lipinski definition) is 4. The molecule has 1 heterocycles. The van der Waals surface area contributed by atoms with Crippen LogP contribution < -0.4 is 10.0 Å². The van der Waals surface area contributed by atoms with E-state index in [9.17, 15) is 18.0 Å². The van der Waals surface area contributed by atoms with Crippen LogP contribution in [0, 0.1) is 0 Å². The number of carbonyl (C=O) groups excluding carboxylic acids is 2. The third-order valence-electron chi connectivity index (χ3n) is 5.09.